The van der Waals surface area contributed by atoms with Crippen LogP contribution in [0.15, 0.2) is 23.2 Å². The van der Waals surface area contributed by atoms with Crippen molar-refractivity contribution in [2.75, 3.05) is 50.7 Å². The molecule has 1 fully saturated rings. The summed E-state index contributed by atoms with van der Waals surface area (Å²) in [5.41, 5.74) is -0.122. The van der Waals surface area contributed by atoms with Crippen molar-refractivity contribution in [2.24, 2.45) is 10.4 Å². The Morgan fingerprint density at radius 1 is 1.14 bits per heavy atom. The van der Waals surface area contributed by atoms with E-state index in [9.17, 15) is 13.6 Å². The van der Waals surface area contributed by atoms with Crippen molar-refractivity contribution < 1.29 is 13.6 Å². The van der Waals surface area contributed by atoms with Crippen LogP contribution in [0.1, 0.15) is 27.7 Å². The van der Waals surface area contributed by atoms with Crippen LogP contribution < -0.4 is 15.5 Å². The number of piperazine rings is 1. The lowest BCUT2D eigenvalue weighted by molar-refractivity contribution is -0.128. The molecule has 1 aromatic rings. The molecule has 1 heterocycles. The molecule has 1 saturated heterocycles. The van der Waals surface area contributed by atoms with Gasteiger partial charge in [0.1, 0.15) is 11.6 Å². The van der Waals surface area contributed by atoms with Gasteiger partial charge < -0.3 is 20.4 Å². The molecule has 8 heteroatoms. The Hall–Kier alpha value is -2.38. The van der Waals surface area contributed by atoms with Crippen molar-refractivity contribution in [1.29, 1.82) is 0 Å². The van der Waals surface area contributed by atoms with Crippen LogP contribution in [0.3, 0.4) is 0 Å². The molecule has 156 valence electrons. The summed E-state index contributed by atoms with van der Waals surface area (Å²) in [7, 11) is 0. The Bertz CT molecular complexity index is 694. The minimum Gasteiger partial charge on any atom is -0.366 e. The van der Waals surface area contributed by atoms with Crippen molar-refractivity contribution in [1.82, 2.24) is 15.5 Å². The number of benzene rings is 1. The Morgan fingerprint density at radius 2 is 1.82 bits per heavy atom. The first-order valence-electron chi connectivity index (χ1n) is 9.74. The summed E-state index contributed by atoms with van der Waals surface area (Å²) in [5, 5.41) is 6.14. The van der Waals surface area contributed by atoms with Gasteiger partial charge in [0.2, 0.25) is 5.91 Å². The maximum atomic E-state index is 14.0. The predicted octanol–water partition coefficient (Wildman–Crippen LogP) is 2.21. The molecule has 2 N–H and O–H groups in total. The van der Waals surface area contributed by atoms with E-state index in [-0.39, 0.29) is 5.91 Å². The number of amides is 1. The molecule has 0 aliphatic carbocycles. The van der Waals surface area contributed by atoms with Gasteiger partial charge >= 0.3 is 0 Å². The second-order valence-corrected chi connectivity index (χ2v) is 7.81. The van der Waals surface area contributed by atoms with E-state index in [2.05, 4.69) is 20.5 Å². The fourth-order valence-electron chi connectivity index (χ4n) is 2.91. The Kier molecular flexibility index (Phi) is 7.60. The van der Waals surface area contributed by atoms with Gasteiger partial charge in [-0.1, -0.05) is 20.8 Å². The SMILES string of the molecule is CCNC(=NCCNC(=O)C(C)(C)C)N1CCN(c2cc(F)ccc2F)CC1. The molecule has 6 nitrogen and oxygen atoms in total. The van der Waals surface area contributed by atoms with Crippen LogP contribution in [-0.2, 0) is 4.79 Å². The van der Waals surface area contributed by atoms with Gasteiger partial charge in [0.05, 0.1) is 12.2 Å². The minimum atomic E-state index is -0.439. The fourth-order valence-corrected chi connectivity index (χ4v) is 2.91. The minimum absolute atomic E-state index is 0.00145. The predicted molar refractivity (Wildman–Crippen MR) is 109 cm³/mol. The zero-order valence-electron chi connectivity index (χ0n) is 17.2. The highest BCUT2D eigenvalue weighted by atomic mass is 19.1. The van der Waals surface area contributed by atoms with Gasteiger partial charge in [-0.2, -0.15) is 0 Å². The Morgan fingerprint density at radius 3 is 2.43 bits per heavy atom. The van der Waals surface area contributed by atoms with E-state index in [1.165, 1.54) is 6.07 Å². The van der Waals surface area contributed by atoms with E-state index in [0.717, 1.165) is 24.6 Å². The van der Waals surface area contributed by atoms with E-state index >= 15 is 0 Å². The van der Waals surface area contributed by atoms with Gasteiger partial charge in [0.15, 0.2) is 5.96 Å². The third-order valence-electron chi connectivity index (χ3n) is 4.50. The summed E-state index contributed by atoms with van der Waals surface area (Å²) in [5.74, 6) is -0.0821. The van der Waals surface area contributed by atoms with Crippen LogP contribution in [0.2, 0.25) is 0 Å². The number of rotatable bonds is 5. The third kappa shape index (κ3) is 6.07. The van der Waals surface area contributed by atoms with Gasteiger partial charge in [-0.15, -0.1) is 0 Å². The van der Waals surface area contributed by atoms with Crippen LogP contribution in [0.4, 0.5) is 14.5 Å². The monoisotopic (exact) mass is 395 g/mol. The maximum Gasteiger partial charge on any atom is 0.225 e. The highest BCUT2D eigenvalue weighted by molar-refractivity contribution is 5.82. The number of anilines is 1. The first-order chi connectivity index (χ1) is 13.2. The molecule has 0 spiro atoms. The number of hydrogen-bond donors (Lipinski definition) is 2. The molecular weight excluding hydrogens is 364 g/mol. The van der Waals surface area contributed by atoms with Crippen LogP contribution in [0.25, 0.3) is 0 Å². The normalized spacial score (nSPS) is 15.6. The molecule has 0 unspecified atom stereocenters. The van der Waals surface area contributed by atoms with Crippen molar-refractivity contribution in [3.63, 3.8) is 0 Å². The molecule has 28 heavy (non-hydrogen) atoms. The lowest BCUT2D eigenvalue weighted by Crippen LogP contribution is -2.53. The highest BCUT2D eigenvalue weighted by Gasteiger charge is 2.22. The van der Waals surface area contributed by atoms with Crippen molar-refractivity contribution in [3.8, 4) is 0 Å². The molecular formula is C20H31F2N5O. The average molecular weight is 395 g/mol. The maximum absolute atomic E-state index is 14.0. The molecule has 1 aliphatic rings. The molecule has 0 bridgehead atoms. The summed E-state index contributed by atoms with van der Waals surface area (Å²) in [6.07, 6.45) is 0. The summed E-state index contributed by atoms with van der Waals surface area (Å²) < 4.78 is 27.4. The second-order valence-electron chi connectivity index (χ2n) is 7.81. The number of halogens is 2. The smallest absolute Gasteiger partial charge is 0.225 e. The topological polar surface area (TPSA) is 60.0 Å². The second kappa shape index (κ2) is 9.71. The number of nitrogens with one attached hydrogen (secondary N) is 2. The number of carbonyl (C=O) groups is 1. The number of hydrogen-bond acceptors (Lipinski definition) is 3. The standard InChI is InChI=1S/C20H31F2N5O/c1-5-23-19(25-9-8-24-18(28)20(2,3)4)27-12-10-26(11-13-27)17-14-15(21)6-7-16(17)22/h6-7,14H,5,8-13H2,1-4H3,(H,23,25)(H,24,28). The molecule has 0 aromatic heterocycles. The van der Waals surface area contributed by atoms with Gasteiger partial charge in [-0.25, -0.2) is 8.78 Å². The molecule has 0 radical (unpaired) electrons. The van der Waals surface area contributed by atoms with E-state index in [0.29, 0.717) is 45.0 Å². The van der Waals surface area contributed by atoms with E-state index in [1.807, 2.05) is 32.6 Å². The number of nitrogens with zero attached hydrogens (tertiary/aromatic N) is 3. The molecule has 0 atom stereocenters. The van der Waals surface area contributed by atoms with Crippen molar-refractivity contribution in [2.45, 2.75) is 27.7 Å². The summed E-state index contributed by atoms with van der Waals surface area (Å²) in [6.45, 7) is 11.7. The third-order valence-corrected chi connectivity index (χ3v) is 4.50. The molecule has 2 rings (SSSR count). The van der Waals surface area contributed by atoms with E-state index in [1.54, 1.807) is 0 Å². The van der Waals surface area contributed by atoms with Crippen LogP contribution in [0, 0.1) is 17.0 Å². The van der Waals surface area contributed by atoms with Gasteiger partial charge in [0, 0.05) is 50.7 Å². The first-order valence-corrected chi connectivity index (χ1v) is 9.74. The van der Waals surface area contributed by atoms with E-state index in [4.69, 9.17) is 0 Å². The largest absolute Gasteiger partial charge is 0.366 e. The Balaban J connectivity index is 1.91. The highest BCUT2D eigenvalue weighted by Crippen LogP contribution is 2.22. The molecule has 0 saturated carbocycles. The number of carbonyl (C=O) groups excluding carboxylic acids is 1. The van der Waals surface area contributed by atoms with Crippen LogP contribution in [0.5, 0.6) is 0 Å². The van der Waals surface area contributed by atoms with Crippen molar-refractivity contribution >= 4 is 17.6 Å². The molecule has 1 aliphatic heterocycles. The van der Waals surface area contributed by atoms with Gasteiger partial charge in [-0.05, 0) is 19.1 Å². The van der Waals surface area contributed by atoms with Gasteiger partial charge in [-0.3, -0.25) is 9.79 Å². The molecule has 1 aromatic carbocycles. The number of aliphatic imine (C=N–C) groups is 1. The lowest BCUT2D eigenvalue weighted by atomic mass is 9.96. The first kappa shape index (κ1) is 21.9. The van der Waals surface area contributed by atoms with Crippen LogP contribution in [-0.4, -0.2) is 62.6 Å². The zero-order valence-corrected chi connectivity index (χ0v) is 17.2. The summed E-state index contributed by atoms with van der Waals surface area (Å²) in [6, 6.07) is 3.53. The lowest BCUT2D eigenvalue weighted by Gasteiger charge is -2.37. The molecule has 1 amide bonds. The summed E-state index contributed by atoms with van der Waals surface area (Å²) >= 11 is 0. The summed E-state index contributed by atoms with van der Waals surface area (Å²) in [4.78, 5) is 20.4. The average Bonchev–Trinajstić information content (AvgIpc) is 2.65. The Labute approximate surface area is 166 Å². The van der Waals surface area contributed by atoms with Crippen LogP contribution >= 0.6 is 0 Å². The van der Waals surface area contributed by atoms with Crippen molar-refractivity contribution in [3.05, 3.63) is 29.8 Å². The van der Waals surface area contributed by atoms with E-state index < -0.39 is 17.0 Å². The number of guanidine groups is 1. The zero-order chi connectivity index (χ0) is 20.7. The fraction of sp³-hybridized carbons (Fsp3) is 0.600. The van der Waals surface area contributed by atoms with Gasteiger partial charge in [0.25, 0.3) is 0 Å². The quantitative estimate of drug-likeness (QED) is 0.456.